The van der Waals surface area contributed by atoms with E-state index in [1.165, 1.54) is 11.8 Å². The van der Waals surface area contributed by atoms with Gasteiger partial charge in [0.05, 0.1) is 9.50 Å². The summed E-state index contributed by atoms with van der Waals surface area (Å²) in [5.41, 5.74) is 0.569. The molecule has 0 saturated carbocycles. The fourth-order valence-electron chi connectivity index (χ4n) is 1.27. The van der Waals surface area contributed by atoms with E-state index >= 15 is 0 Å². The smallest absolute Gasteiger partial charge is 0.151 e. The number of hydrogen-bond acceptors (Lipinski definition) is 3. The van der Waals surface area contributed by atoms with Crippen LogP contribution >= 0.6 is 39.3 Å². The molecule has 0 spiro atoms. The Balaban J connectivity index is 2.43. The predicted octanol–water partition coefficient (Wildman–Crippen LogP) is 4.46. The molecule has 5 heteroatoms. The van der Waals surface area contributed by atoms with Crippen molar-refractivity contribution in [2.75, 3.05) is 0 Å². The summed E-state index contributed by atoms with van der Waals surface area (Å²) in [4.78, 5) is 15.9. The van der Waals surface area contributed by atoms with Crippen LogP contribution in [0.25, 0.3) is 0 Å². The van der Waals surface area contributed by atoms with Crippen LogP contribution in [0.3, 0.4) is 0 Å². The summed E-state index contributed by atoms with van der Waals surface area (Å²) in [6.45, 7) is 0. The molecule has 0 radical (unpaired) electrons. The number of nitrogens with zero attached hydrogens (tertiary/aromatic N) is 1. The molecule has 1 heterocycles. The molecule has 0 bridgehead atoms. The SMILES string of the molecule is O=Cc1cccc(Cl)c1Sc1ncccc1Br. The largest absolute Gasteiger partial charge is 0.298 e. The van der Waals surface area contributed by atoms with Gasteiger partial charge in [-0.25, -0.2) is 4.98 Å². The van der Waals surface area contributed by atoms with E-state index in [1.807, 2.05) is 12.1 Å². The lowest BCUT2D eigenvalue weighted by atomic mass is 10.2. The molecule has 1 aromatic heterocycles. The molecular formula is C12H7BrClNOS. The molecule has 0 unspecified atom stereocenters. The Kier molecular flexibility index (Phi) is 4.20. The predicted molar refractivity (Wildman–Crippen MR) is 72.9 cm³/mol. The van der Waals surface area contributed by atoms with Crippen molar-refractivity contribution in [3.05, 3.63) is 51.6 Å². The van der Waals surface area contributed by atoms with Crippen LogP contribution in [0.15, 0.2) is 50.9 Å². The van der Waals surface area contributed by atoms with Crippen molar-refractivity contribution in [2.45, 2.75) is 9.92 Å². The second-order valence-corrected chi connectivity index (χ2v) is 5.43. The number of pyridine rings is 1. The minimum Gasteiger partial charge on any atom is -0.298 e. The molecule has 2 nitrogen and oxygen atoms in total. The second kappa shape index (κ2) is 5.67. The van der Waals surface area contributed by atoms with E-state index in [2.05, 4.69) is 20.9 Å². The second-order valence-electron chi connectivity index (χ2n) is 3.17. The number of carbonyl (C=O) groups excluding carboxylic acids is 1. The number of rotatable bonds is 3. The fraction of sp³-hybridized carbons (Fsp3) is 0. The van der Waals surface area contributed by atoms with Crippen LogP contribution in [-0.2, 0) is 0 Å². The lowest BCUT2D eigenvalue weighted by Crippen LogP contribution is -1.88. The Morgan fingerprint density at radius 1 is 1.29 bits per heavy atom. The number of halogens is 2. The maximum Gasteiger partial charge on any atom is 0.151 e. The Bertz CT molecular complexity index is 562. The first-order chi connectivity index (χ1) is 8.22. The van der Waals surface area contributed by atoms with Gasteiger partial charge in [-0.15, -0.1) is 0 Å². The average Bonchev–Trinajstić information content (AvgIpc) is 2.34. The number of hydrogen-bond donors (Lipinski definition) is 0. The third-order valence-corrected chi connectivity index (χ3v) is 4.56. The topological polar surface area (TPSA) is 30.0 Å². The normalized spacial score (nSPS) is 10.2. The highest BCUT2D eigenvalue weighted by molar-refractivity contribution is 9.10. The van der Waals surface area contributed by atoms with Crippen molar-refractivity contribution in [3.8, 4) is 0 Å². The molecule has 86 valence electrons. The van der Waals surface area contributed by atoms with E-state index in [-0.39, 0.29) is 0 Å². The molecule has 2 rings (SSSR count). The number of benzene rings is 1. The van der Waals surface area contributed by atoms with Crippen molar-refractivity contribution >= 4 is 45.6 Å². The Hall–Kier alpha value is -0.840. The zero-order valence-electron chi connectivity index (χ0n) is 8.56. The molecule has 2 aromatic rings. The number of aldehydes is 1. The van der Waals surface area contributed by atoms with E-state index in [9.17, 15) is 4.79 Å². The first-order valence-corrected chi connectivity index (χ1v) is 6.73. The fourth-order valence-corrected chi connectivity index (χ4v) is 2.94. The quantitative estimate of drug-likeness (QED) is 0.779. The summed E-state index contributed by atoms with van der Waals surface area (Å²) < 4.78 is 0.877. The highest BCUT2D eigenvalue weighted by Gasteiger charge is 2.10. The van der Waals surface area contributed by atoms with Crippen LogP contribution in [0.1, 0.15) is 10.4 Å². The summed E-state index contributed by atoms with van der Waals surface area (Å²) in [5.74, 6) is 0. The van der Waals surface area contributed by atoms with Crippen molar-refractivity contribution in [3.63, 3.8) is 0 Å². The average molecular weight is 329 g/mol. The van der Waals surface area contributed by atoms with Crippen LogP contribution in [0.5, 0.6) is 0 Å². The summed E-state index contributed by atoms with van der Waals surface area (Å²) in [7, 11) is 0. The van der Waals surface area contributed by atoms with Crippen LogP contribution < -0.4 is 0 Å². The van der Waals surface area contributed by atoms with Crippen molar-refractivity contribution in [2.24, 2.45) is 0 Å². The van der Waals surface area contributed by atoms with E-state index < -0.39 is 0 Å². The van der Waals surface area contributed by atoms with Crippen LogP contribution in [0.4, 0.5) is 0 Å². The Labute approximate surface area is 117 Å². The Morgan fingerprint density at radius 2 is 2.12 bits per heavy atom. The van der Waals surface area contributed by atoms with Crippen LogP contribution in [-0.4, -0.2) is 11.3 Å². The molecule has 0 saturated heterocycles. The molecule has 0 atom stereocenters. The maximum atomic E-state index is 11.0. The van der Waals surface area contributed by atoms with Crippen molar-refractivity contribution < 1.29 is 4.79 Å². The van der Waals surface area contributed by atoms with Gasteiger partial charge in [-0.3, -0.25) is 4.79 Å². The van der Waals surface area contributed by atoms with Gasteiger partial charge in [0.2, 0.25) is 0 Å². The van der Waals surface area contributed by atoms with Gasteiger partial charge in [0, 0.05) is 16.7 Å². The molecule has 17 heavy (non-hydrogen) atoms. The van der Waals surface area contributed by atoms with E-state index in [4.69, 9.17) is 11.6 Å². The summed E-state index contributed by atoms with van der Waals surface area (Å²) >= 11 is 10.9. The van der Waals surface area contributed by atoms with Crippen molar-refractivity contribution in [1.29, 1.82) is 0 Å². The molecular weight excluding hydrogens is 322 g/mol. The van der Waals surface area contributed by atoms with Crippen molar-refractivity contribution in [1.82, 2.24) is 4.98 Å². The van der Waals surface area contributed by atoms with Crippen LogP contribution in [0, 0.1) is 0 Å². The van der Waals surface area contributed by atoms with E-state index in [0.717, 1.165) is 20.7 Å². The van der Waals surface area contributed by atoms with Gasteiger partial charge in [0.15, 0.2) is 6.29 Å². The number of aromatic nitrogens is 1. The summed E-state index contributed by atoms with van der Waals surface area (Å²) in [6, 6.07) is 8.98. The zero-order chi connectivity index (χ0) is 12.3. The first-order valence-electron chi connectivity index (χ1n) is 4.74. The minimum atomic E-state index is 0.553. The lowest BCUT2D eigenvalue weighted by Gasteiger charge is -2.07. The monoisotopic (exact) mass is 327 g/mol. The van der Waals surface area contributed by atoms with Gasteiger partial charge in [-0.1, -0.05) is 35.5 Å². The zero-order valence-corrected chi connectivity index (χ0v) is 11.7. The standard InChI is InChI=1S/C12H7BrClNOS/c13-9-4-2-6-15-12(9)17-11-8(7-16)3-1-5-10(11)14/h1-7H. The molecule has 0 fully saturated rings. The van der Waals surface area contributed by atoms with Gasteiger partial charge >= 0.3 is 0 Å². The molecule has 0 N–H and O–H groups in total. The maximum absolute atomic E-state index is 11.0. The molecule has 1 aromatic carbocycles. The van der Waals surface area contributed by atoms with E-state index in [0.29, 0.717) is 10.6 Å². The number of carbonyl (C=O) groups is 1. The third kappa shape index (κ3) is 2.89. The van der Waals surface area contributed by atoms with Gasteiger partial charge < -0.3 is 0 Å². The Morgan fingerprint density at radius 3 is 2.82 bits per heavy atom. The molecule has 0 aliphatic carbocycles. The van der Waals surface area contributed by atoms with Gasteiger partial charge in [-0.2, -0.15) is 0 Å². The van der Waals surface area contributed by atoms with Gasteiger partial charge in [-0.05, 0) is 34.1 Å². The van der Waals surface area contributed by atoms with E-state index in [1.54, 1.807) is 24.4 Å². The molecule has 0 aliphatic rings. The third-order valence-electron chi connectivity index (χ3n) is 2.05. The summed E-state index contributed by atoms with van der Waals surface area (Å²) in [6.07, 6.45) is 2.50. The first kappa shape index (κ1) is 12.6. The highest BCUT2D eigenvalue weighted by Crippen LogP contribution is 2.37. The minimum absolute atomic E-state index is 0.553. The van der Waals surface area contributed by atoms with Gasteiger partial charge in [0.1, 0.15) is 5.03 Å². The summed E-state index contributed by atoms with van der Waals surface area (Å²) in [5, 5.41) is 1.33. The molecule has 0 amide bonds. The molecule has 0 aliphatic heterocycles. The van der Waals surface area contributed by atoms with Gasteiger partial charge in [0.25, 0.3) is 0 Å². The van der Waals surface area contributed by atoms with Crippen LogP contribution in [0.2, 0.25) is 5.02 Å². The highest BCUT2D eigenvalue weighted by atomic mass is 79.9. The lowest BCUT2D eigenvalue weighted by molar-refractivity contribution is 0.112.